The number of rotatable bonds is 3. The minimum atomic E-state index is 0.0609. The minimum Gasteiger partial charge on any atom is -0.493 e. The van der Waals surface area contributed by atoms with Gasteiger partial charge in [-0.1, -0.05) is 39.7 Å². The largest absolute Gasteiger partial charge is 0.493 e. The van der Waals surface area contributed by atoms with E-state index in [1.54, 1.807) is 6.07 Å². The van der Waals surface area contributed by atoms with Crippen LogP contribution in [0.15, 0.2) is 34.8 Å². The van der Waals surface area contributed by atoms with Crippen LogP contribution in [-0.2, 0) is 12.8 Å². The molecule has 0 unspecified atom stereocenters. The molecule has 0 bridgehead atoms. The summed E-state index contributed by atoms with van der Waals surface area (Å²) in [6, 6.07) is 9.45. The van der Waals surface area contributed by atoms with E-state index in [1.165, 1.54) is 0 Å². The van der Waals surface area contributed by atoms with Gasteiger partial charge >= 0.3 is 0 Å². The van der Waals surface area contributed by atoms with Crippen molar-refractivity contribution in [2.45, 2.75) is 19.8 Å². The molecule has 1 heterocycles. The maximum Gasteiger partial charge on any atom is 0.167 e. The maximum absolute atomic E-state index is 12.6. The first kappa shape index (κ1) is 14.6. The third-order valence-electron chi connectivity index (χ3n) is 3.74. The van der Waals surface area contributed by atoms with Crippen LogP contribution in [0.4, 0.5) is 0 Å². The normalized spacial score (nSPS) is 12.9. The van der Waals surface area contributed by atoms with E-state index in [-0.39, 0.29) is 5.78 Å². The van der Waals surface area contributed by atoms with Crippen LogP contribution >= 0.6 is 27.5 Å². The second-order valence-corrected chi connectivity index (χ2v) is 6.49. The molecule has 108 valence electrons. The average Bonchev–Trinajstić information content (AvgIpc) is 2.90. The van der Waals surface area contributed by atoms with Crippen molar-refractivity contribution in [3.63, 3.8) is 0 Å². The summed E-state index contributed by atoms with van der Waals surface area (Å²) in [4.78, 5) is 12.6. The number of fused-ring (bicyclic) bond motifs is 1. The Hall–Kier alpha value is -1.32. The van der Waals surface area contributed by atoms with Crippen LogP contribution in [0.5, 0.6) is 5.75 Å². The summed E-state index contributed by atoms with van der Waals surface area (Å²) < 4.78 is 6.66. The standard InChI is InChI=1S/C17H14BrClO2/c1-10-14(3-2-4-15(10)19)16(20)9-12-8-13(18)7-11-5-6-21-17(11)12/h2-4,7-8H,5-6,9H2,1H3. The van der Waals surface area contributed by atoms with E-state index < -0.39 is 0 Å². The highest BCUT2D eigenvalue weighted by molar-refractivity contribution is 9.10. The van der Waals surface area contributed by atoms with Gasteiger partial charge in [0.1, 0.15) is 5.75 Å². The van der Waals surface area contributed by atoms with Gasteiger partial charge in [-0.25, -0.2) is 0 Å². The van der Waals surface area contributed by atoms with Gasteiger partial charge in [0.25, 0.3) is 0 Å². The van der Waals surface area contributed by atoms with Crippen molar-refractivity contribution in [1.82, 2.24) is 0 Å². The van der Waals surface area contributed by atoms with E-state index in [9.17, 15) is 4.79 Å². The first-order valence-corrected chi connectivity index (χ1v) is 7.96. The summed E-state index contributed by atoms with van der Waals surface area (Å²) in [5.41, 5.74) is 3.60. The Balaban J connectivity index is 1.94. The molecule has 4 heteroatoms. The number of hydrogen-bond donors (Lipinski definition) is 0. The molecule has 0 N–H and O–H groups in total. The molecule has 1 aliphatic heterocycles. The molecule has 2 aromatic rings. The predicted molar refractivity (Wildman–Crippen MR) is 87.6 cm³/mol. The molecule has 2 nitrogen and oxygen atoms in total. The van der Waals surface area contributed by atoms with Crippen LogP contribution in [0.25, 0.3) is 0 Å². The fraction of sp³-hybridized carbons (Fsp3) is 0.235. The Morgan fingerprint density at radius 1 is 1.38 bits per heavy atom. The van der Waals surface area contributed by atoms with Crippen LogP contribution in [0.1, 0.15) is 27.0 Å². The number of carbonyl (C=O) groups is 1. The fourth-order valence-corrected chi connectivity index (χ4v) is 3.38. The van der Waals surface area contributed by atoms with Crippen LogP contribution in [-0.4, -0.2) is 12.4 Å². The Bertz CT molecular complexity index is 725. The highest BCUT2D eigenvalue weighted by atomic mass is 79.9. The summed E-state index contributed by atoms with van der Waals surface area (Å²) in [6.07, 6.45) is 1.22. The van der Waals surface area contributed by atoms with E-state index in [2.05, 4.69) is 22.0 Å². The lowest BCUT2D eigenvalue weighted by atomic mass is 9.97. The highest BCUT2D eigenvalue weighted by Gasteiger charge is 2.20. The zero-order valence-electron chi connectivity index (χ0n) is 11.6. The second-order valence-electron chi connectivity index (χ2n) is 5.16. The van der Waals surface area contributed by atoms with Gasteiger partial charge in [-0.05, 0) is 36.2 Å². The van der Waals surface area contributed by atoms with Crippen molar-refractivity contribution >= 4 is 33.3 Å². The van der Waals surface area contributed by atoms with E-state index in [1.807, 2.05) is 25.1 Å². The molecule has 0 fully saturated rings. The van der Waals surface area contributed by atoms with E-state index in [0.717, 1.165) is 33.3 Å². The molecule has 2 aromatic carbocycles. The summed E-state index contributed by atoms with van der Waals surface area (Å²) in [6.45, 7) is 2.56. The fourth-order valence-electron chi connectivity index (χ4n) is 2.66. The summed E-state index contributed by atoms with van der Waals surface area (Å²) >= 11 is 9.60. The van der Waals surface area contributed by atoms with Gasteiger partial charge in [0, 0.05) is 33.5 Å². The molecule has 0 radical (unpaired) electrons. The number of hydrogen-bond acceptors (Lipinski definition) is 2. The maximum atomic E-state index is 12.6. The second kappa shape index (κ2) is 5.82. The lowest BCUT2D eigenvalue weighted by Crippen LogP contribution is -2.07. The number of halogens is 2. The van der Waals surface area contributed by atoms with Gasteiger partial charge in [0.05, 0.1) is 6.61 Å². The monoisotopic (exact) mass is 364 g/mol. The van der Waals surface area contributed by atoms with Crippen molar-refractivity contribution in [1.29, 1.82) is 0 Å². The molecule has 0 saturated carbocycles. The molecule has 21 heavy (non-hydrogen) atoms. The zero-order valence-corrected chi connectivity index (χ0v) is 13.9. The first-order chi connectivity index (χ1) is 10.1. The quantitative estimate of drug-likeness (QED) is 0.732. The Labute approximate surface area is 137 Å². The van der Waals surface area contributed by atoms with Gasteiger partial charge < -0.3 is 4.74 Å². The molecular weight excluding hydrogens is 352 g/mol. The minimum absolute atomic E-state index is 0.0609. The topological polar surface area (TPSA) is 26.3 Å². The third-order valence-corrected chi connectivity index (χ3v) is 4.61. The molecule has 1 aliphatic rings. The Kier molecular flexibility index (Phi) is 4.05. The summed E-state index contributed by atoms with van der Waals surface area (Å²) in [7, 11) is 0. The molecule has 0 aromatic heterocycles. The van der Waals surface area contributed by atoms with Crippen LogP contribution < -0.4 is 4.74 Å². The number of ketones is 1. The van der Waals surface area contributed by atoms with Crippen molar-refractivity contribution in [3.8, 4) is 5.75 Å². The SMILES string of the molecule is Cc1c(Cl)cccc1C(=O)Cc1cc(Br)cc2c1OCC2. The Morgan fingerprint density at radius 2 is 2.19 bits per heavy atom. The number of benzene rings is 2. The van der Waals surface area contributed by atoms with Crippen LogP contribution in [0.2, 0.25) is 5.02 Å². The van der Waals surface area contributed by atoms with Crippen molar-refractivity contribution in [2.75, 3.05) is 6.61 Å². The first-order valence-electron chi connectivity index (χ1n) is 6.78. The molecule has 0 atom stereocenters. The summed E-state index contributed by atoms with van der Waals surface area (Å²) in [5, 5.41) is 0.622. The van der Waals surface area contributed by atoms with Crippen molar-refractivity contribution in [2.24, 2.45) is 0 Å². The number of carbonyl (C=O) groups excluding carboxylic acids is 1. The zero-order chi connectivity index (χ0) is 15.0. The van der Waals surface area contributed by atoms with E-state index >= 15 is 0 Å². The third kappa shape index (κ3) is 2.85. The lowest BCUT2D eigenvalue weighted by molar-refractivity contribution is 0.0991. The highest BCUT2D eigenvalue weighted by Crippen LogP contribution is 2.34. The molecule has 0 spiro atoms. The van der Waals surface area contributed by atoms with Gasteiger partial charge in [-0.2, -0.15) is 0 Å². The molecule has 0 amide bonds. The summed E-state index contributed by atoms with van der Waals surface area (Å²) in [5.74, 6) is 0.928. The molecule has 3 rings (SSSR count). The van der Waals surface area contributed by atoms with Crippen molar-refractivity contribution in [3.05, 3.63) is 62.1 Å². The molecular formula is C17H14BrClO2. The van der Waals surface area contributed by atoms with Gasteiger partial charge in [0.2, 0.25) is 0 Å². The predicted octanol–water partition coefficient (Wildman–Crippen LogP) is 4.77. The average molecular weight is 366 g/mol. The van der Waals surface area contributed by atoms with E-state index in [0.29, 0.717) is 23.6 Å². The number of Topliss-reactive ketones (excluding diaryl/α,β-unsaturated/α-hetero) is 1. The van der Waals surface area contributed by atoms with Crippen LogP contribution in [0, 0.1) is 6.92 Å². The van der Waals surface area contributed by atoms with E-state index in [4.69, 9.17) is 16.3 Å². The van der Waals surface area contributed by atoms with Crippen LogP contribution in [0.3, 0.4) is 0 Å². The molecule has 0 saturated heterocycles. The molecule has 0 aliphatic carbocycles. The van der Waals surface area contributed by atoms with Gasteiger partial charge in [0.15, 0.2) is 5.78 Å². The number of ether oxygens (including phenoxy) is 1. The van der Waals surface area contributed by atoms with Gasteiger partial charge in [-0.3, -0.25) is 4.79 Å². The lowest BCUT2D eigenvalue weighted by Gasteiger charge is -2.10. The smallest absolute Gasteiger partial charge is 0.167 e. The Morgan fingerprint density at radius 3 is 3.00 bits per heavy atom. The van der Waals surface area contributed by atoms with Gasteiger partial charge in [-0.15, -0.1) is 0 Å². The van der Waals surface area contributed by atoms with Crippen molar-refractivity contribution < 1.29 is 9.53 Å².